The van der Waals surface area contributed by atoms with Gasteiger partial charge in [0.25, 0.3) is 0 Å². The Morgan fingerprint density at radius 3 is 2.33 bits per heavy atom. The SMILES string of the molecule is Nc1nc(=O)n([C@@H]2O[C@H](CO)[C@H](O)C2O)cc1CCCNC(=O)CCOCCOCCOCCOCCNCCC(=O)CCCC[C@@H]1SC[C@@H]2NC(=O)N[C@@H]21. The molecule has 3 amide bonds. The lowest BCUT2D eigenvalue weighted by Gasteiger charge is -2.18. The monoisotopic (exact) mass is 801 g/mol. The van der Waals surface area contributed by atoms with Crippen molar-refractivity contribution in [1.82, 2.24) is 30.8 Å². The Kier molecular flexibility index (Phi) is 20.1. The van der Waals surface area contributed by atoms with Gasteiger partial charge in [-0.1, -0.05) is 6.42 Å². The summed E-state index contributed by atoms with van der Waals surface area (Å²) in [5, 5.41) is 42.0. The van der Waals surface area contributed by atoms with Crippen molar-refractivity contribution in [3.8, 4) is 0 Å². The van der Waals surface area contributed by atoms with Gasteiger partial charge in [-0.3, -0.25) is 14.2 Å². The number of fused-ring (bicyclic) bond motifs is 1. The van der Waals surface area contributed by atoms with Crippen LogP contribution in [-0.2, 0) is 39.7 Å². The van der Waals surface area contributed by atoms with Crippen LogP contribution in [0.3, 0.4) is 0 Å². The smallest absolute Gasteiger partial charge is 0.351 e. The number of aryl methyl sites for hydroxylation is 1. The Morgan fingerprint density at radius 1 is 0.909 bits per heavy atom. The number of hydrogen-bond acceptors (Lipinski definition) is 16. The van der Waals surface area contributed by atoms with Gasteiger partial charge in [0, 0.05) is 61.7 Å². The van der Waals surface area contributed by atoms with E-state index in [1.807, 2.05) is 11.8 Å². The van der Waals surface area contributed by atoms with E-state index in [0.717, 1.165) is 29.6 Å². The number of hydrogen-bond donors (Lipinski definition) is 8. The highest BCUT2D eigenvalue weighted by Gasteiger charge is 2.44. The first kappa shape index (κ1) is 44.8. The zero-order chi connectivity index (χ0) is 39.4. The van der Waals surface area contributed by atoms with E-state index >= 15 is 0 Å². The second-order valence-electron chi connectivity index (χ2n) is 13.6. The summed E-state index contributed by atoms with van der Waals surface area (Å²) in [5.41, 5.74) is 5.65. The number of amides is 3. The summed E-state index contributed by atoms with van der Waals surface area (Å²) >= 11 is 1.90. The van der Waals surface area contributed by atoms with Crippen LogP contribution in [0.5, 0.6) is 0 Å². The topological polar surface area (TPSA) is 267 Å². The maximum Gasteiger partial charge on any atom is 0.351 e. The van der Waals surface area contributed by atoms with Crippen LogP contribution in [0.1, 0.15) is 56.7 Å². The van der Waals surface area contributed by atoms with Crippen molar-refractivity contribution in [2.45, 2.75) is 93.2 Å². The minimum Gasteiger partial charge on any atom is -0.394 e. The highest BCUT2D eigenvalue weighted by atomic mass is 32.2. The summed E-state index contributed by atoms with van der Waals surface area (Å²) in [5.74, 6) is 1.07. The Bertz CT molecular complexity index is 1390. The van der Waals surface area contributed by atoms with E-state index in [2.05, 4.69) is 26.3 Å². The van der Waals surface area contributed by atoms with E-state index in [4.69, 9.17) is 29.4 Å². The van der Waals surface area contributed by atoms with E-state index in [-0.39, 0.29) is 48.7 Å². The van der Waals surface area contributed by atoms with Crippen LogP contribution in [0.4, 0.5) is 10.6 Å². The minimum atomic E-state index is -1.43. The first-order valence-electron chi connectivity index (χ1n) is 19.2. The summed E-state index contributed by atoms with van der Waals surface area (Å²) in [6.45, 7) is 4.35. The molecule has 312 valence electrons. The molecule has 3 fully saturated rings. The number of aliphatic hydroxyl groups excluding tert-OH is 3. The van der Waals surface area contributed by atoms with E-state index in [9.17, 15) is 34.5 Å². The van der Waals surface area contributed by atoms with Gasteiger partial charge < -0.3 is 66.0 Å². The van der Waals surface area contributed by atoms with E-state index in [1.165, 1.54) is 6.20 Å². The lowest BCUT2D eigenvalue weighted by atomic mass is 10.0. The van der Waals surface area contributed by atoms with Crippen LogP contribution < -0.4 is 32.7 Å². The molecule has 3 saturated heterocycles. The fourth-order valence-corrected chi connectivity index (χ4v) is 8.00. The fourth-order valence-electron chi connectivity index (χ4n) is 6.46. The fraction of sp³-hybridized carbons (Fsp3) is 0.800. The van der Waals surface area contributed by atoms with E-state index < -0.39 is 36.8 Å². The highest BCUT2D eigenvalue weighted by molar-refractivity contribution is 8.00. The van der Waals surface area contributed by atoms with E-state index in [1.54, 1.807) is 0 Å². The number of nitrogen functional groups attached to an aromatic ring is 1. The first-order chi connectivity index (χ1) is 26.7. The molecule has 0 radical (unpaired) electrons. The summed E-state index contributed by atoms with van der Waals surface area (Å²) in [6, 6.07) is 0.400. The zero-order valence-corrected chi connectivity index (χ0v) is 32.2. The summed E-state index contributed by atoms with van der Waals surface area (Å²) in [6.07, 6.45) is 1.45. The number of ether oxygens (including phenoxy) is 5. The van der Waals surface area contributed by atoms with Gasteiger partial charge in [0.15, 0.2) is 6.23 Å². The third-order valence-corrected chi connectivity index (χ3v) is 11.0. The second kappa shape index (κ2) is 24.7. The molecule has 4 rings (SSSR count). The number of carbonyl (C=O) groups is 3. The first-order valence-corrected chi connectivity index (χ1v) is 20.2. The van der Waals surface area contributed by atoms with Gasteiger partial charge in [-0.15, -0.1) is 0 Å². The molecule has 0 spiro atoms. The van der Waals surface area contributed by atoms with Crippen molar-refractivity contribution in [1.29, 1.82) is 0 Å². The lowest BCUT2D eigenvalue weighted by Crippen LogP contribution is -2.36. The number of unbranched alkanes of at least 4 members (excludes halogenated alkanes) is 1. The predicted octanol–water partition coefficient (Wildman–Crippen LogP) is -1.78. The molecule has 4 heterocycles. The molecule has 1 aromatic heterocycles. The molecule has 19 nitrogen and oxygen atoms in total. The molecule has 0 saturated carbocycles. The van der Waals surface area contributed by atoms with Gasteiger partial charge in [-0.2, -0.15) is 16.7 Å². The third-order valence-electron chi connectivity index (χ3n) is 9.52. The molecule has 7 atom stereocenters. The highest BCUT2D eigenvalue weighted by Crippen LogP contribution is 2.33. The number of aliphatic hydroxyl groups is 3. The number of anilines is 1. The number of aromatic nitrogens is 2. The van der Waals surface area contributed by atoms with Crippen molar-refractivity contribution in [2.24, 2.45) is 0 Å². The van der Waals surface area contributed by atoms with Gasteiger partial charge in [0.2, 0.25) is 5.91 Å². The Labute approximate surface area is 325 Å². The van der Waals surface area contributed by atoms with Crippen LogP contribution in [0.15, 0.2) is 11.0 Å². The number of ketones is 1. The van der Waals surface area contributed by atoms with E-state index in [0.29, 0.717) is 102 Å². The van der Waals surface area contributed by atoms with Gasteiger partial charge in [-0.25, -0.2) is 9.59 Å². The average molecular weight is 802 g/mol. The Balaban J connectivity index is 0.870. The average Bonchev–Trinajstić information content (AvgIpc) is 3.81. The lowest BCUT2D eigenvalue weighted by molar-refractivity contribution is -0.122. The van der Waals surface area contributed by atoms with Gasteiger partial charge >= 0.3 is 11.7 Å². The van der Waals surface area contributed by atoms with Crippen LogP contribution in [0.25, 0.3) is 0 Å². The number of thioether (sulfide) groups is 1. The van der Waals surface area contributed by atoms with Crippen LogP contribution in [-0.4, -0.2) is 163 Å². The second-order valence-corrected chi connectivity index (χ2v) is 14.9. The number of rotatable bonds is 29. The zero-order valence-electron chi connectivity index (χ0n) is 31.4. The molecular weight excluding hydrogens is 742 g/mol. The number of nitrogens with two attached hydrogens (primary N) is 1. The molecule has 9 N–H and O–H groups in total. The Hall–Kier alpha value is -2.92. The summed E-state index contributed by atoms with van der Waals surface area (Å²) < 4.78 is 28.4. The van der Waals surface area contributed by atoms with Crippen molar-refractivity contribution >= 4 is 35.3 Å². The number of Topliss-reactive ketones (excluding diaryl/α,β-unsaturated/α-hetero) is 1. The quantitative estimate of drug-likeness (QED) is 0.0329. The number of carbonyl (C=O) groups excluding carboxylic acids is 3. The van der Waals surface area contributed by atoms with Crippen molar-refractivity contribution in [3.63, 3.8) is 0 Å². The van der Waals surface area contributed by atoms with Crippen molar-refractivity contribution in [2.75, 3.05) is 90.6 Å². The molecule has 0 bridgehead atoms. The molecule has 3 aliphatic rings. The van der Waals surface area contributed by atoms with Crippen LogP contribution in [0, 0.1) is 0 Å². The van der Waals surface area contributed by atoms with Gasteiger partial charge in [-0.05, 0) is 25.7 Å². The number of urea groups is 1. The van der Waals surface area contributed by atoms with Crippen LogP contribution >= 0.6 is 11.8 Å². The molecule has 3 aliphatic heterocycles. The third kappa shape index (κ3) is 15.2. The van der Waals surface area contributed by atoms with Crippen LogP contribution in [0.2, 0.25) is 0 Å². The summed E-state index contributed by atoms with van der Waals surface area (Å²) in [4.78, 5) is 51.9. The minimum absolute atomic E-state index is 0.0221. The van der Waals surface area contributed by atoms with Gasteiger partial charge in [0.05, 0.1) is 71.5 Å². The Morgan fingerprint density at radius 2 is 1.62 bits per heavy atom. The predicted molar refractivity (Wildman–Crippen MR) is 202 cm³/mol. The normalized spacial score (nSPS) is 24.5. The molecule has 20 heteroatoms. The maximum atomic E-state index is 12.3. The molecule has 1 unspecified atom stereocenters. The largest absolute Gasteiger partial charge is 0.394 e. The van der Waals surface area contributed by atoms with Crippen molar-refractivity contribution < 1.29 is 53.4 Å². The van der Waals surface area contributed by atoms with Gasteiger partial charge in [0.1, 0.15) is 29.9 Å². The molecular formula is C35H59N7O12S. The van der Waals surface area contributed by atoms with Crippen molar-refractivity contribution in [3.05, 3.63) is 22.2 Å². The molecule has 55 heavy (non-hydrogen) atoms. The summed E-state index contributed by atoms with van der Waals surface area (Å²) in [7, 11) is 0. The molecule has 0 aliphatic carbocycles. The number of nitrogens with one attached hydrogen (secondary N) is 4. The molecule has 0 aromatic carbocycles. The number of nitrogens with zero attached hydrogens (tertiary/aromatic N) is 2. The standard InChI is InChI=1S/C35H59N7O12S/c36-32-23(20-42(35(49)41-32)33-31(47)30(46)26(21-43)54-33)4-3-9-38-28(45)8-12-50-14-16-52-18-19-53-17-15-51-13-11-37-10-7-24(44)5-1-2-6-27-29-25(22-55-27)39-34(48)40-29/h20,25-27,29-31,33,37,43,46-47H,1-19,21-22H2,(H,38,45)(H2,36,41,49)(H2,39,40,48)/t25-,26+,27-,29-,30-,31?,33+/m0/s1. The molecule has 1 aromatic rings. The maximum absolute atomic E-state index is 12.3.